The number of rotatable bonds is 3. The van der Waals surface area contributed by atoms with Crippen LogP contribution in [-0.2, 0) is 14.8 Å². The molecule has 2 atom stereocenters. The molecule has 0 bridgehead atoms. The Kier molecular flexibility index (Phi) is 4.53. The highest BCUT2D eigenvalue weighted by atomic mass is 32.2. The second kappa shape index (κ2) is 7.00. The van der Waals surface area contributed by atoms with Gasteiger partial charge in [0.15, 0.2) is 17.5 Å². The summed E-state index contributed by atoms with van der Waals surface area (Å²) in [5.74, 6) is -0.440. The van der Waals surface area contributed by atoms with Crippen molar-refractivity contribution in [1.29, 1.82) is 0 Å². The van der Waals surface area contributed by atoms with Gasteiger partial charge >= 0.3 is 0 Å². The van der Waals surface area contributed by atoms with Crippen molar-refractivity contribution in [3.8, 4) is 0 Å². The first kappa shape index (κ1) is 19.4. The van der Waals surface area contributed by atoms with Crippen LogP contribution in [-0.4, -0.2) is 55.8 Å². The molecule has 5 rings (SSSR count). The standard InChI is InChI=1S/C20H19F2N3O4S/c21-14-6-7-17-16(12-14)23-19(29-17)24-9-8-20(18(22)13-24)25(10-11-28-20)30(26,27)15-4-2-1-3-5-15/h1-7,12,18H,8-11,13H2/t18-,20-/m1/s1. The number of alkyl halides is 1. The molecule has 0 N–H and O–H groups in total. The molecule has 0 amide bonds. The zero-order chi connectivity index (χ0) is 20.9. The molecular formula is C20H19F2N3O4S. The quantitative estimate of drug-likeness (QED) is 0.630. The Morgan fingerprint density at radius 1 is 1.13 bits per heavy atom. The van der Waals surface area contributed by atoms with E-state index in [0.29, 0.717) is 11.1 Å². The van der Waals surface area contributed by atoms with Gasteiger partial charge in [0.25, 0.3) is 6.01 Å². The maximum atomic E-state index is 15.5. The Morgan fingerprint density at radius 3 is 2.70 bits per heavy atom. The van der Waals surface area contributed by atoms with Gasteiger partial charge in [-0.1, -0.05) is 18.2 Å². The highest BCUT2D eigenvalue weighted by molar-refractivity contribution is 7.89. The van der Waals surface area contributed by atoms with Crippen LogP contribution < -0.4 is 4.90 Å². The topological polar surface area (TPSA) is 75.9 Å². The maximum Gasteiger partial charge on any atom is 0.298 e. The fourth-order valence-electron chi connectivity index (χ4n) is 4.13. The molecule has 0 unspecified atom stereocenters. The second-order valence-electron chi connectivity index (χ2n) is 7.36. The fraction of sp³-hybridized carbons (Fsp3) is 0.350. The number of sulfonamides is 1. The molecular weight excluding hydrogens is 416 g/mol. The molecule has 0 saturated carbocycles. The number of piperidine rings is 1. The van der Waals surface area contributed by atoms with Crippen LogP contribution in [0.15, 0.2) is 57.8 Å². The van der Waals surface area contributed by atoms with E-state index in [4.69, 9.17) is 9.15 Å². The largest absolute Gasteiger partial charge is 0.423 e. The maximum absolute atomic E-state index is 15.5. The van der Waals surface area contributed by atoms with Crippen LogP contribution >= 0.6 is 0 Å². The van der Waals surface area contributed by atoms with Gasteiger partial charge in [-0.25, -0.2) is 17.2 Å². The number of anilines is 1. The molecule has 2 aromatic carbocycles. The van der Waals surface area contributed by atoms with Gasteiger partial charge in [-0.05, 0) is 24.3 Å². The number of benzene rings is 2. The van der Waals surface area contributed by atoms with Gasteiger partial charge in [0.1, 0.15) is 11.3 Å². The molecule has 0 radical (unpaired) electrons. The van der Waals surface area contributed by atoms with Crippen LogP contribution in [0.1, 0.15) is 6.42 Å². The Morgan fingerprint density at radius 2 is 1.93 bits per heavy atom. The van der Waals surface area contributed by atoms with E-state index in [1.165, 1.54) is 30.3 Å². The smallest absolute Gasteiger partial charge is 0.298 e. The van der Waals surface area contributed by atoms with Crippen molar-refractivity contribution in [3.63, 3.8) is 0 Å². The molecule has 2 saturated heterocycles. The van der Waals surface area contributed by atoms with E-state index in [-0.39, 0.29) is 43.6 Å². The lowest BCUT2D eigenvalue weighted by Gasteiger charge is -2.44. The molecule has 3 aromatic rings. The van der Waals surface area contributed by atoms with Gasteiger partial charge < -0.3 is 14.1 Å². The summed E-state index contributed by atoms with van der Waals surface area (Å²) >= 11 is 0. The van der Waals surface area contributed by atoms with Crippen LogP contribution in [0.4, 0.5) is 14.8 Å². The van der Waals surface area contributed by atoms with Crippen LogP contribution in [0.5, 0.6) is 0 Å². The molecule has 0 aliphatic carbocycles. The van der Waals surface area contributed by atoms with Crippen LogP contribution in [0, 0.1) is 5.82 Å². The van der Waals surface area contributed by atoms with E-state index in [1.54, 1.807) is 23.1 Å². The van der Waals surface area contributed by atoms with Crippen molar-refractivity contribution in [3.05, 3.63) is 54.3 Å². The van der Waals surface area contributed by atoms with E-state index < -0.39 is 27.7 Å². The van der Waals surface area contributed by atoms with E-state index in [2.05, 4.69) is 4.98 Å². The lowest BCUT2D eigenvalue weighted by atomic mass is 9.99. The third-order valence-electron chi connectivity index (χ3n) is 5.62. The van der Waals surface area contributed by atoms with Crippen molar-refractivity contribution >= 4 is 27.1 Å². The number of nitrogens with zero attached hydrogens (tertiary/aromatic N) is 3. The first-order valence-corrected chi connectivity index (χ1v) is 11.0. The molecule has 1 aromatic heterocycles. The lowest BCUT2D eigenvalue weighted by Crippen LogP contribution is -2.62. The van der Waals surface area contributed by atoms with Crippen LogP contribution in [0.25, 0.3) is 11.1 Å². The summed E-state index contributed by atoms with van der Waals surface area (Å²) < 4.78 is 67.7. The summed E-state index contributed by atoms with van der Waals surface area (Å²) in [5.41, 5.74) is -0.831. The summed E-state index contributed by atoms with van der Waals surface area (Å²) in [7, 11) is -3.92. The van der Waals surface area contributed by atoms with E-state index >= 15 is 4.39 Å². The SMILES string of the molecule is O=S(=O)(c1ccccc1)N1CCO[C@@]12CCN(c1nc3cc(F)ccc3o1)C[C@H]2F. The van der Waals surface area contributed by atoms with Crippen molar-refractivity contribution < 1.29 is 26.4 Å². The zero-order valence-corrected chi connectivity index (χ0v) is 16.7. The number of ether oxygens (including phenoxy) is 1. The summed E-state index contributed by atoms with van der Waals surface area (Å²) in [5, 5.41) is 0. The number of hydrogen-bond donors (Lipinski definition) is 0. The highest BCUT2D eigenvalue weighted by Crippen LogP contribution is 2.41. The third kappa shape index (κ3) is 2.98. The third-order valence-corrected chi connectivity index (χ3v) is 7.56. The number of aromatic nitrogens is 1. The summed E-state index contributed by atoms with van der Waals surface area (Å²) in [6.45, 7) is 0.321. The molecule has 30 heavy (non-hydrogen) atoms. The van der Waals surface area contributed by atoms with Crippen molar-refractivity contribution in [1.82, 2.24) is 9.29 Å². The Labute approximate surface area is 171 Å². The van der Waals surface area contributed by atoms with E-state index in [0.717, 1.165) is 4.31 Å². The monoisotopic (exact) mass is 435 g/mol. The molecule has 1 spiro atoms. The molecule has 7 nitrogen and oxygen atoms in total. The molecule has 158 valence electrons. The van der Waals surface area contributed by atoms with Gasteiger partial charge in [-0.15, -0.1) is 0 Å². The fourth-order valence-corrected chi connectivity index (χ4v) is 5.87. The number of hydrogen-bond acceptors (Lipinski definition) is 6. The molecule has 2 aliphatic rings. The average Bonchev–Trinajstić information content (AvgIpc) is 3.36. The average molecular weight is 435 g/mol. The predicted octanol–water partition coefficient (Wildman–Crippen LogP) is 2.93. The Hall–Kier alpha value is -2.56. The van der Waals surface area contributed by atoms with Gasteiger partial charge in [0, 0.05) is 25.6 Å². The van der Waals surface area contributed by atoms with Crippen LogP contribution in [0.2, 0.25) is 0 Å². The highest BCUT2D eigenvalue weighted by Gasteiger charge is 2.57. The minimum absolute atomic E-state index is 0.0831. The molecule has 3 heterocycles. The predicted molar refractivity (Wildman–Crippen MR) is 105 cm³/mol. The van der Waals surface area contributed by atoms with Gasteiger partial charge in [-0.3, -0.25) is 0 Å². The summed E-state index contributed by atoms with van der Waals surface area (Å²) in [4.78, 5) is 5.93. The summed E-state index contributed by atoms with van der Waals surface area (Å²) in [6, 6.07) is 12.1. The second-order valence-corrected chi connectivity index (χ2v) is 9.22. The van der Waals surface area contributed by atoms with E-state index in [1.807, 2.05) is 0 Å². The number of fused-ring (bicyclic) bond motifs is 1. The van der Waals surface area contributed by atoms with Crippen LogP contribution in [0.3, 0.4) is 0 Å². The Bertz CT molecular complexity index is 1190. The minimum atomic E-state index is -3.92. The zero-order valence-electron chi connectivity index (χ0n) is 15.9. The minimum Gasteiger partial charge on any atom is -0.423 e. The molecule has 10 heteroatoms. The molecule has 2 aliphatic heterocycles. The normalized spacial score (nSPS) is 25.4. The van der Waals surface area contributed by atoms with Gasteiger partial charge in [-0.2, -0.15) is 9.29 Å². The first-order valence-electron chi connectivity index (χ1n) is 9.57. The van der Waals surface area contributed by atoms with Gasteiger partial charge in [0.2, 0.25) is 10.0 Å². The summed E-state index contributed by atoms with van der Waals surface area (Å²) in [6.07, 6.45) is -1.52. The van der Waals surface area contributed by atoms with Gasteiger partial charge in [0.05, 0.1) is 18.0 Å². The number of oxazole rings is 1. The van der Waals surface area contributed by atoms with Crippen molar-refractivity contribution in [2.24, 2.45) is 0 Å². The van der Waals surface area contributed by atoms with Crippen molar-refractivity contribution in [2.75, 3.05) is 31.1 Å². The van der Waals surface area contributed by atoms with Crippen molar-refractivity contribution in [2.45, 2.75) is 23.2 Å². The lowest BCUT2D eigenvalue weighted by molar-refractivity contribution is -0.116. The Balaban J connectivity index is 1.42. The molecule has 2 fully saturated rings. The van der Waals surface area contributed by atoms with E-state index in [9.17, 15) is 12.8 Å². The number of halogens is 2. The first-order chi connectivity index (χ1) is 14.4.